The summed E-state index contributed by atoms with van der Waals surface area (Å²) in [6, 6.07) is 7.66. The van der Waals surface area contributed by atoms with Crippen LogP contribution in [0.5, 0.6) is 0 Å². The molecule has 1 amide bonds. The van der Waals surface area contributed by atoms with E-state index in [1.807, 2.05) is 0 Å². The Bertz CT molecular complexity index is 1400. The van der Waals surface area contributed by atoms with Gasteiger partial charge in [0.1, 0.15) is 11.5 Å². The van der Waals surface area contributed by atoms with E-state index in [-0.39, 0.29) is 16.9 Å². The molecule has 0 fully saturated rings. The third-order valence-electron chi connectivity index (χ3n) is 5.02. The number of pyridine rings is 3. The van der Waals surface area contributed by atoms with E-state index < -0.39 is 46.9 Å². The highest BCUT2D eigenvalue weighted by Crippen LogP contribution is 2.37. The van der Waals surface area contributed by atoms with E-state index >= 15 is 0 Å². The predicted molar refractivity (Wildman–Crippen MR) is 109 cm³/mol. The number of nitrogens with one attached hydrogen (secondary N) is 1. The van der Waals surface area contributed by atoms with Crippen LogP contribution in [-0.4, -0.2) is 20.9 Å². The molecular weight excluding hydrogens is 481 g/mol. The Balaban J connectivity index is 1.81. The molecule has 0 aliphatic rings. The van der Waals surface area contributed by atoms with Crippen molar-refractivity contribution in [2.75, 3.05) is 0 Å². The lowest BCUT2D eigenvalue weighted by molar-refractivity contribution is -0.140. The normalized spacial score (nSPS) is 13.0. The lowest BCUT2D eigenvalue weighted by Gasteiger charge is -2.23. The number of carbonyl (C=O) groups is 1. The molecule has 35 heavy (non-hydrogen) atoms. The first-order valence-electron chi connectivity index (χ1n) is 9.86. The number of nitrogens with zero attached hydrogens (tertiary/aromatic N) is 3. The van der Waals surface area contributed by atoms with Gasteiger partial charge in [-0.05, 0) is 54.1 Å². The smallest absolute Gasteiger partial charge is 0.338 e. The van der Waals surface area contributed by atoms with Crippen molar-refractivity contribution in [3.63, 3.8) is 0 Å². The van der Waals surface area contributed by atoms with Gasteiger partial charge in [0.05, 0.1) is 22.9 Å². The average Bonchev–Trinajstić information content (AvgIpc) is 2.80. The van der Waals surface area contributed by atoms with Gasteiger partial charge in [0.15, 0.2) is 5.65 Å². The van der Waals surface area contributed by atoms with E-state index in [0.717, 1.165) is 18.3 Å². The first kappa shape index (κ1) is 24.0. The SMILES string of the molecule is O=C(NC(c1ccc(C(F)(F)F)c(F)c1)c1ncccc1C(F)(F)F)c1ccc2cccnc2n1. The second-order valence-electron chi connectivity index (χ2n) is 7.32. The number of alkyl halides is 6. The van der Waals surface area contributed by atoms with Gasteiger partial charge in [0.25, 0.3) is 5.91 Å². The Morgan fingerprint density at radius 2 is 1.51 bits per heavy atom. The summed E-state index contributed by atoms with van der Waals surface area (Å²) in [7, 11) is 0. The standard InChI is InChI=1S/C23H13F7N4O/c24-16-11-13(5-7-14(16)22(25,26)27)18(19-15(23(28,29)30)4-2-9-31-19)34-21(35)17-8-6-12-3-1-10-32-20(12)33-17/h1-11,18H,(H,34,35). The minimum atomic E-state index is -5.02. The molecule has 0 spiro atoms. The maximum atomic E-state index is 14.3. The predicted octanol–water partition coefficient (Wildman–Crippen LogP) is 5.72. The number of hydrogen-bond acceptors (Lipinski definition) is 4. The van der Waals surface area contributed by atoms with Crippen molar-refractivity contribution >= 4 is 16.9 Å². The maximum Gasteiger partial charge on any atom is 0.419 e. The quantitative estimate of drug-likeness (QED) is 0.369. The number of fused-ring (bicyclic) bond motifs is 1. The summed E-state index contributed by atoms with van der Waals surface area (Å²) in [6.07, 6.45) is -7.50. The third kappa shape index (κ3) is 5.05. The lowest BCUT2D eigenvalue weighted by Crippen LogP contribution is -2.32. The monoisotopic (exact) mass is 494 g/mol. The Morgan fingerprint density at radius 1 is 0.829 bits per heavy atom. The van der Waals surface area contributed by atoms with Crippen molar-refractivity contribution in [3.05, 3.63) is 101 Å². The molecule has 0 bridgehead atoms. The number of halogens is 7. The molecule has 0 aliphatic heterocycles. The van der Waals surface area contributed by atoms with Gasteiger partial charge in [-0.2, -0.15) is 26.3 Å². The average molecular weight is 494 g/mol. The molecule has 0 saturated heterocycles. The van der Waals surface area contributed by atoms with Crippen molar-refractivity contribution in [1.82, 2.24) is 20.3 Å². The molecule has 1 aromatic carbocycles. The fourth-order valence-corrected chi connectivity index (χ4v) is 3.42. The number of aromatic nitrogens is 3. The van der Waals surface area contributed by atoms with E-state index in [1.165, 1.54) is 18.3 Å². The second kappa shape index (κ2) is 8.93. The van der Waals surface area contributed by atoms with Crippen LogP contribution in [0.4, 0.5) is 30.7 Å². The van der Waals surface area contributed by atoms with Crippen LogP contribution in [0.1, 0.15) is 38.9 Å². The van der Waals surface area contributed by atoms with E-state index in [0.29, 0.717) is 23.6 Å². The van der Waals surface area contributed by atoms with E-state index in [2.05, 4.69) is 20.3 Å². The molecule has 1 N–H and O–H groups in total. The van der Waals surface area contributed by atoms with Crippen LogP contribution in [0.25, 0.3) is 11.0 Å². The zero-order valence-electron chi connectivity index (χ0n) is 17.3. The van der Waals surface area contributed by atoms with Gasteiger partial charge < -0.3 is 5.32 Å². The fourth-order valence-electron chi connectivity index (χ4n) is 3.42. The summed E-state index contributed by atoms with van der Waals surface area (Å²) in [4.78, 5) is 24.7. The summed E-state index contributed by atoms with van der Waals surface area (Å²) in [5.74, 6) is -2.69. The Kier molecular flexibility index (Phi) is 6.14. The number of benzene rings is 1. The Labute approximate surface area is 192 Å². The van der Waals surface area contributed by atoms with Gasteiger partial charge in [-0.3, -0.25) is 9.78 Å². The molecule has 0 aliphatic carbocycles. The molecule has 3 aromatic heterocycles. The Hall–Kier alpha value is -4.09. The highest BCUT2D eigenvalue weighted by molar-refractivity contribution is 5.94. The van der Waals surface area contributed by atoms with Gasteiger partial charge >= 0.3 is 12.4 Å². The molecule has 12 heteroatoms. The maximum absolute atomic E-state index is 14.3. The molecule has 1 atom stereocenters. The highest BCUT2D eigenvalue weighted by atomic mass is 19.4. The molecule has 3 heterocycles. The van der Waals surface area contributed by atoms with Crippen LogP contribution in [0, 0.1) is 5.82 Å². The summed E-state index contributed by atoms with van der Waals surface area (Å²) in [5, 5.41) is 2.88. The van der Waals surface area contributed by atoms with Crippen LogP contribution in [-0.2, 0) is 12.4 Å². The van der Waals surface area contributed by atoms with Gasteiger partial charge in [-0.1, -0.05) is 6.07 Å². The molecule has 5 nitrogen and oxygen atoms in total. The first-order chi connectivity index (χ1) is 16.4. The van der Waals surface area contributed by atoms with Gasteiger partial charge in [0.2, 0.25) is 0 Å². The summed E-state index contributed by atoms with van der Waals surface area (Å²) in [5.41, 5.74) is -4.01. The number of hydrogen-bond donors (Lipinski definition) is 1. The van der Waals surface area contributed by atoms with Crippen LogP contribution in [0.2, 0.25) is 0 Å². The molecule has 1 unspecified atom stereocenters. The highest BCUT2D eigenvalue weighted by Gasteiger charge is 2.38. The van der Waals surface area contributed by atoms with E-state index in [4.69, 9.17) is 0 Å². The van der Waals surface area contributed by atoms with E-state index in [9.17, 15) is 35.5 Å². The second-order valence-corrected chi connectivity index (χ2v) is 7.32. The van der Waals surface area contributed by atoms with Crippen LogP contribution in [0.3, 0.4) is 0 Å². The van der Waals surface area contributed by atoms with Crippen LogP contribution >= 0.6 is 0 Å². The van der Waals surface area contributed by atoms with Crippen LogP contribution in [0.15, 0.2) is 67.0 Å². The largest absolute Gasteiger partial charge is 0.419 e. The fraction of sp³-hybridized carbons (Fsp3) is 0.130. The van der Waals surface area contributed by atoms with Gasteiger partial charge in [-0.25, -0.2) is 14.4 Å². The minimum absolute atomic E-state index is 0.186. The first-order valence-corrected chi connectivity index (χ1v) is 9.86. The molecule has 4 rings (SSSR count). The number of carbonyl (C=O) groups excluding carboxylic acids is 1. The Morgan fingerprint density at radius 3 is 2.20 bits per heavy atom. The lowest BCUT2D eigenvalue weighted by atomic mass is 9.97. The van der Waals surface area contributed by atoms with Crippen molar-refractivity contribution in [2.24, 2.45) is 0 Å². The van der Waals surface area contributed by atoms with Crippen molar-refractivity contribution in [1.29, 1.82) is 0 Å². The topological polar surface area (TPSA) is 67.8 Å². The summed E-state index contributed by atoms with van der Waals surface area (Å²) >= 11 is 0. The summed E-state index contributed by atoms with van der Waals surface area (Å²) < 4.78 is 94.3. The van der Waals surface area contributed by atoms with E-state index in [1.54, 1.807) is 12.1 Å². The van der Waals surface area contributed by atoms with Gasteiger partial charge in [-0.15, -0.1) is 0 Å². The molecule has 180 valence electrons. The molecule has 0 saturated carbocycles. The van der Waals surface area contributed by atoms with Crippen molar-refractivity contribution < 1.29 is 35.5 Å². The van der Waals surface area contributed by atoms with Crippen molar-refractivity contribution in [2.45, 2.75) is 18.4 Å². The minimum Gasteiger partial charge on any atom is -0.338 e. The number of rotatable bonds is 4. The summed E-state index contributed by atoms with van der Waals surface area (Å²) in [6.45, 7) is 0. The van der Waals surface area contributed by atoms with Crippen molar-refractivity contribution in [3.8, 4) is 0 Å². The van der Waals surface area contributed by atoms with Crippen LogP contribution < -0.4 is 5.32 Å². The molecule has 4 aromatic rings. The third-order valence-corrected chi connectivity index (χ3v) is 5.02. The zero-order chi connectivity index (χ0) is 25.4. The molecule has 0 radical (unpaired) electrons. The van der Waals surface area contributed by atoms with Gasteiger partial charge in [0, 0.05) is 17.8 Å². The molecular formula is C23H13F7N4O. The number of amides is 1. The zero-order valence-corrected chi connectivity index (χ0v) is 17.3.